The summed E-state index contributed by atoms with van der Waals surface area (Å²) in [5.41, 5.74) is 0.342. The van der Waals surface area contributed by atoms with E-state index in [0.29, 0.717) is 26.0 Å². The highest BCUT2D eigenvalue weighted by Gasteiger charge is 2.67. The number of likely N-dealkylation sites (tertiary alicyclic amines) is 1. The van der Waals surface area contributed by atoms with Crippen LogP contribution >= 0.6 is 0 Å². The molecule has 1 aromatic carbocycles. The SMILES string of the molecule is CCO[C@]12CC[C@H](C(=O)C1)[C@H]1C(=O)N(CCCN3CCN(c4ccccc4OC)CC3)C(=O)[C@H]12. The zero-order valence-corrected chi connectivity index (χ0v) is 20.2. The van der Waals surface area contributed by atoms with Crippen LogP contribution in [0.3, 0.4) is 0 Å². The van der Waals surface area contributed by atoms with Gasteiger partial charge in [-0.05, 0) is 44.9 Å². The maximum Gasteiger partial charge on any atom is 0.236 e. The van der Waals surface area contributed by atoms with Gasteiger partial charge in [0.2, 0.25) is 11.8 Å². The third-order valence-electron chi connectivity index (χ3n) is 8.29. The summed E-state index contributed by atoms with van der Waals surface area (Å²) >= 11 is 0. The number of methoxy groups -OCH3 is 1. The number of piperazine rings is 1. The Balaban J connectivity index is 1.17. The average Bonchev–Trinajstić information content (AvgIpc) is 3.11. The largest absolute Gasteiger partial charge is 0.495 e. The van der Waals surface area contributed by atoms with Gasteiger partial charge >= 0.3 is 0 Å². The summed E-state index contributed by atoms with van der Waals surface area (Å²) < 4.78 is 11.5. The number of para-hydroxylation sites is 2. The first-order valence-electron chi connectivity index (χ1n) is 12.6. The molecule has 2 aliphatic heterocycles. The molecule has 5 fully saturated rings. The third kappa shape index (κ3) is 3.81. The minimum absolute atomic E-state index is 0.0943. The highest BCUT2D eigenvalue weighted by atomic mass is 16.5. The Morgan fingerprint density at radius 2 is 1.79 bits per heavy atom. The molecule has 5 aliphatic rings. The molecule has 0 aromatic heterocycles. The number of hydrogen-bond donors (Lipinski definition) is 0. The molecule has 3 saturated carbocycles. The van der Waals surface area contributed by atoms with Crippen LogP contribution in [-0.4, -0.2) is 86.0 Å². The van der Waals surface area contributed by atoms with Gasteiger partial charge in [0, 0.05) is 51.7 Å². The molecule has 3 aliphatic carbocycles. The molecule has 8 nitrogen and oxygen atoms in total. The normalized spacial score (nSPS) is 31.4. The van der Waals surface area contributed by atoms with E-state index in [-0.39, 0.29) is 29.9 Å². The number of carbonyl (C=O) groups excluding carboxylic acids is 3. The third-order valence-corrected chi connectivity index (χ3v) is 8.29. The molecule has 4 atom stereocenters. The van der Waals surface area contributed by atoms with Gasteiger partial charge in [0.05, 0.1) is 30.2 Å². The van der Waals surface area contributed by atoms with Gasteiger partial charge < -0.3 is 14.4 Å². The van der Waals surface area contributed by atoms with Crippen molar-refractivity contribution in [2.45, 2.75) is 38.2 Å². The minimum atomic E-state index is -0.776. The molecule has 2 amide bonds. The second-order valence-electron chi connectivity index (χ2n) is 9.97. The molecule has 2 bridgehead atoms. The van der Waals surface area contributed by atoms with Crippen LogP contribution < -0.4 is 9.64 Å². The number of ether oxygens (including phenoxy) is 2. The van der Waals surface area contributed by atoms with Crippen LogP contribution in [0.4, 0.5) is 5.69 Å². The van der Waals surface area contributed by atoms with Crippen molar-refractivity contribution < 1.29 is 23.9 Å². The number of hydrogen-bond acceptors (Lipinski definition) is 7. The molecule has 0 spiro atoms. The van der Waals surface area contributed by atoms with E-state index in [9.17, 15) is 14.4 Å². The van der Waals surface area contributed by atoms with E-state index in [1.54, 1.807) is 7.11 Å². The van der Waals surface area contributed by atoms with Crippen LogP contribution in [-0.2, 0) is 19.1 Å². The highest BCUT2D eigenvalue weighted by molar-refractivity contribution is 6.09. The number of imide groups is 1. The monoisotopic (exact) mass is 469 g/mol. The number of Topliss-reactive ketones (excluding diaryl/α,β-unsaturated/α-hetero) is 1. The first-order valence-corrected chi connectivity index (χ1v) is 12.6. The fourth-order valence-corrected chi connectivity index (χ4v) is 6.71. The van der Waals surface area contributed by atoms with Crippen molar-refractivity contribution >= 4 is 23.3 Å². The van der Waals surface area contributed by atoms with E-state index in [2.05, 4.69) is 15.9 Å². The van der Waals surface area contributed by atoms with Crippen molar-refractivity contribution in [2.75, 3.05) is 57.9 Å². The van der Waals surface area contributed by atoms with Crippen molar-refractivity contribution in [3.8, 4) is 5.75 Å². The predicted molar refractivity (Wildman–Crippen MR) is 127 cm³/mol. The summed E-state index contributed by atoms with van der Waals surface area (Å²) in [5.74, 6) is -0.604. The van der Waals surface area contributed by atoms with Crippen LogP contribution in [0.5, 0.6) is 5.75 Å². The number of fused-ring (bicyclic) bond motifs is 2. The Morgan fingerprint density at radius 3 is 2.50 bits per heavy atom. The van der Waals surface area contributed by atoms with Gasteiger partial charge in [-0.1, -0.05) is 12.1 Å². The molecule has 2 heterocycles. The summed E-state index contributed by atoms with van der Waals surface area (Å²) in [4.78, 5) is 45.4. The zero-order chi connectivity index (χ0) is 23.9. The molecule has 8 heteroatoms. The van der Waals surface area contributed by atoms with Gasteiger partial charge in [-0.2, -0.15) is 0 Å². The van der Waals surface area contributed by atoms with Crippen LogP contribution in [0.15, 0.2) is 24.3 Å². The van der Waals surface area contributed by atoms with E-state index in [0.717, 1.165) is 50.6 Å². The molecule has 0 unspecified atom stereocenters. The van der Waals surface area contributed by atoms with Gasteiger partial charge in [-0.25, -0.2) is 0 Å². The van der Waals surface area contributed by atoms with E-state index in [1.807, 2.05) is 25.1 Å². The molecule has 6 rings (SSSR count). The number of ketones is 1. The van der Waals surface area contributed by atoms with Crippen LogP contribution in [0.1, 0.15) is 32.6 Å². The van der Waals surface area contributed by atoms with Crippen molar-refractivity contribution in [2.24, 2.45) is 17.8 Å². The molecule has 184 valence electrons. The van der Waals surface area contributed by atoms with Gasteiger partial charge in [0.15, 0.2) is 0 Å². The molecule has 0 radical (unpaired) electrons. The predicted octanol–water partition coefficient (Wildman–Crippen LogP) is 1.97. The fourth-order valence-electron chi connectivity index (χ4n) is 6.71. The second kappa shape index (κ2) is 9.30. The molecule has 1 aromatic rings. The van der Waals surface area contributed by atoms with Gasteiger partial charge in [-0.15, -0.1) is 0 Å². The van der Waals surface area contributed by atoms with Crippen LogP contribution in [0, 0.1) is 17.8 Å². The first kappa shape index (κ1) is 23.3. The quantitative estimate of drug-likeness (QED) is 0.539. The fraction of sp³-hybridized carbons (Fsp3) is 0.654. The summed E-state index contributed by atoms with van der Waals surface area (Å²) in [5, 5.41) is 0. The van der Waals surface area contributed by atoms with Crippen molar-refractivity contribution in [3.63, 3.8) is 0 Å². The van der Waals surface area contributed by atoms with Crippen molar-refractivity contribution in [1.82, 2.24) is 9.80 Å². The lowest BCUT2D eigenvalue weighted by Gasteiger charge is -2.50. The lowest BCUT2D eigenvalue weighted by Crippen LogP contribution is -2.59. The maximum absolute atomic E-state index is 13.4. The molecular formula is C26H35N3O5. The number of benzene rings is 1. The number of nitrogens with zero attached hydrogens (tertiary/aromatic N) is 3. The van der Waals surface area contributed by atoms with E-state index < -0.39 is 17.4 Å². The summed E-state index contributed by atoms with van der Waals surface area (Å²) in [6.07, 6.45) is 2.37. The highest BCUT2D eigenvalue weighted by Crippen LogP contribution is 2.55. The Morgan fingerprint density at radius 1 is 1.03 bits per heavy atom. The Bertz CT molecular complexity index is 956. The summed E-state index contributed by atoms with van der Waals surface area (Å²) in [7, 11) is 1.70. The molecule has 0 N–H and O–H groups in total. The summed E-state index contributed by atoms with van der Waals surface area (Å²) in [6.45, 7) is 7.26. The van der Waals surface area contributed by atoms with E-state index >= 15 is 0 Å². The lowest BCUT2D eigenvalue weighted by atomic mass is 9.56. The maximum atomic E-state index is 13.4. The van der Waals surface area contributed by atoms with Crippen LogP contribution in [0.25, 0.3) is 0 Å². The topological polar surface area (TPSA) is 79.4 Å². The van der Waals surface area contributed by atoms with Crippen LogP contribution in [0.2, 0.25) is 0 Å². The van der Waals surface area contributed by atoms with E-state index in [4.69, 9.17) is 9.47 Å². The Labute approximate surface area is 201 Å². The Kier molecular flexibility index (Phi) is 6.37. The smallest absolute Gasteiger partial charge is 0.236 e. The second-order valence-corrected chi connectivity index (χ2v) is 9.97. The molecule has 2 saturated heterocycles. The van der Waals surface area contributed by atoms with Crippen molar-refractivity contribution in [1.29, 1.82) is 0 Å². The Hall–Kier alpha value is -2.45. The van der Waals surface area contributed by atoms with Gasteiger partial charge in [-0.3, -0.25) is 24.2 Å². The minimum Gasteiger partial charge on any atom is -0.495 e. The standard InChI is InChI=1S/C26H35N3O5/c1-3-34-26-10-9-18(20(30)17-26)22-23(26)25(32)29(24(22)31)12-6-11-27-13-15-28(16-14-27)19-7-4-5-8-21(19)33-2/h4-5,7-8,18,22-23H,3,6,9-17H2,1-2H3/t18-,22-,23+,26-/m1/s1. The number of rotatable bonds is 8. The zero-order valence-electron chi connectivity index (χ0n) is 20.2. The first-order chi connectivity index (χ1) is 16.5. The van der Waals surface area contributed by atoms with Gasteiger partial charge in [0.25, 0.3) is 0 Å². The number of carbonyl (C=O) groups is 3. The number of anilines is 1. The van der Waals surface area contributed by atoms with Crippen molar-refractivity contribution in [3.05, 3.63) is 24.3 Å². The number of amides is 2. The van der Waals surface area contributed by atoms with E-state index in [1.165, 1.54) is 4.90 Å². The molecular weight excluding hydrogens is 434 g/mol. The van der Waals surface area contributed by atoms with Gasteiger partial charge in [0.1, 0.15) is 11.5 Å². The lowest BCUT2D eigenvalue weighted by molar-refractivity contribution is -0.180. The molecule has 34 heavy (non-hydrogen) atoms. The average molecular weight is 470 g/mol. The summed E-state index contributed by atoms with van der Waals surface area (Å²) in [6, 6.07) is 8.08.